The van der Waals surface area contributed by atoms with Gasteiger partial charge in [0.25, 0.3) is 0 Å². The minimum atomic E-state index is 0.743. The lowest BCUT2D eigenvalue weighted by atomic mass is 10.2. The molecule has 0 fully saturated rings. The number of thioether (sulfide) groups is 1. The third kappa shape index (κ3) is 5.74. The summed E-state index contributed by atoms with van der Waals surface area (Å²) in [6, 6.07) is 6.04. The highest BCUT2D eigenvalue weighted by Crippen LogP contribution is 2.31. The van der Waals surface area contributed by atoms with Crippen LogP contribution in [0.3, 0.4) is 0 Å². The summed E-state index contributed by atoms with van der Waals surface area (Å²) in [6.45, 7) is 6.78. The van der Waals surface area contributed by atoms with Crippen molar-refractivity contribution in [2.24, 2.45) is 0 Å². The Morgan fingerprint density at radius 2 is 2.11 bits per heavy atom. The highest BCUT2D eigenvalue weighted by atomic mass is 32.2. The predicted molar refractivity (Wildman–Crippen MR) is 83.5 cm³/mol. The SMILES string of the molecule is CCNCc1cccc(OC)c1OCCCSCC. The van der Waals surface area contributed by atoms with Crippen LogP contribution in [0, 0.1) is 0 Å². The number of hydrogen-bond donors (Lipinski definition) is 1. The monoisotopic (exact) mass is 283 g/mol. The van der Waals surface area contributed by atoms with Crippen LogP contribution in [0.5, 0.6) is 11.5 Å². The smallest absolute Gasteiger partial charge is 0.165 e. The Labute approximate surface area is 121 Å². The summed E-state index contributed by atoms with van der Waals surface area (Å²) < 4.78 is 11.3. The number of methoxy groups -OCH3 is 1. The molecule has 108 valence electrons. The zero-order valence-electron chi connectivity index (χ0n) is 12.2. The normalized spacial score (nSPS) is 10.5. The van der Waals surface area contributed by atoms with Crippen molar-refractivity contribution in [3.8, 4) is 11.5 Å². The third-order valence-electron chi connectivity index (χ3n) is 2.73. The van der Waals surface area contributed by atoms with E-state index < -0.39 is 0 Å². The molecular weight excluding hydrogens is 258 g/mol. The van der Waals surface area contributed by atoms with Crippen LogP contribution in [0.4, 0.5) is 0 Å². The van der Waals surface area contributed by atoms with Gasteiger partial charge >= 0.3 is 0 Å². The molecule has 0 saturated heterocycles. The maximum atomic E-state index is 5.92. The predicted octanol–water partition coefficient (Wildman–Crippen LogP) is 3.33. The molecule has 0 bridgehead atoms. The van der Waals surface area contributed by atoms with Crippen molar-refractivity contribution in [2.45, 2.75) is 26.8 Å². The van der Waals surface area contributed by atoms with Crippen LogP contribution >= 0.6 is 11.8 Å². The summed E-state index contributed by atoms with van der Waals surface area (Å²) >= 11 is 1.95. The van der Waals surface area contributed by atoms with E-state index in [0.717, 1.165) is 48.9 Å². The Balaban J connectivity index is 2.60. The van der Waals surface area contributed by atoms with Crippen LogP contribution < -0.4 is 14.8 Å². The van der Waals surface area contributed by atoms with Crippen LogP contribution in [0.2, 0.25) is 0 Å². The van der Waals surface area contributed by atoms with Crippen LogP contribution in [-0.4, -0.2) is 31.8 Å². The Kier molecular flexibility index (Phi) is 8.50. The molecular formula is C15H25NO2S. The first-order valence-electron chi connectivity index (χ1n) is 6.90. The number of hydrogen-bond acceptors (Lipinski definition) is 4. The van der Waals surface area contributed by atoms with E-state index >= 15 is 0 Å². The fraction of sp³-hybridized carbons (Fsp3) is 0.600. The number of rotatable bonds is 10. The molecule has 0 spiro atoms. The van der Waals surface area contributed by atoms with Gasteiger partial charge in [-0.25, -0.2) is 0 Å². The van der Waals surface area contributed by atoms with Gasteiger partial charge in [0, 0.05) is 12.1 Å². The van der Waals surface area contributed by atoms with E-state index in [1.807, 2.05) is 23.9 Å². The summed E-state index contributed by atoms with van der Waals surface area (Å²) in [5, 5.41) is 3.33. The molecule has 1 aromatic rings. The van der Waals surface area contributed by atoms with Gasteiger partial charge in [-0.1, -0.05) is 26.0 Å². The molecule has 1 aromatic carbocycles. The van der Waals surface area contributed by atoms with Gasteiger partial charge in [0.15, 0.2) is 11.5 Å². The Bertz CT molecular complexity index is 358. The zero-order chi connectivity index (χ0) is 13.9. The van der Waals surface area contributed by atoms with Crippen LogP contribution in [-0.2, 0) is 6.54 Å². The van der Waals surface area contributed by atoms with E-state index in [0.29, 0.717) is 0 Å². The molecule has 0 aromatic heterocycles. The Morgan fingerprint density at radius 1 is 1.26 bits per heavy atom. The average molecular weight is 283 g/mol. The maximum Gasteiger partial charge on any atom is 0.165 e. The van der Waals surface area contributed by atoms with E-state index in [2.05, 4.69) is 25.2 Å². The molecule has 1 N–H and O–H groups in total. The summed E-state index contributed by atoms with van der Waals surface area (Å²) in [4.78, 5) is 0. The summed E-state index contributed by atoms with van der Waals surface area (Å²) in [5.74, 6) is 4.01. The average Bonchev–Trinajstić information content (AvgIpc) is 2.45. The molecule has 0 saturated carbocycles. The van der Waals surface area contributed by atoms with Crippen LogP contribution in [0.25, 0.3) is 0 Å². The molecule has 1 rings (SSSR count). The molecule has 0 radical (unpaired) electrons. The molecule has 3 nitrogen and oxygen atoms in total. The lowest BCUT2D eigenvalue weighted by molar-refractivity contribution is 0.291. The Morgan fingerprint density at radius 3 is 2.79 bits per heavy atom. The van der Waals surface area contributed by atoms with Gasteiger partial charge in [-0.2, -0.15) is 11.8 Å². The molecule has 0 aliphatic heterocycles. The molecule has 0 heterocycles. The van der Waals surface area contributed by atoms with E-state index in [4.69, 9.17) is 9.47 Å². The second-order valence-electron chi connectivity index (χ2n) is 4.13. The fourth-order valence-electron chi connectivity index (χ4n) is 1.76. The molecule has 0 unspecified atom stereocenters. The van der Waals surface area contributed by atoms with Crippen LogP contribution in [0.1, 0.15) is 25.8 Å². The number of ether oxygens (including phenoxy) is 2. The summed E-state index contributed by atoms with van der Waals surface area (Å²) in [6.07, 6.45) is 1.07. The minimum Gasteiger partial charge on any atom is -0.493 e. The maximum absolute atomic E-state index is 5.92. The van der Waals surface area contributed by atoms with Crippen molar-refractivity contribution in [3.05, 3.63) is 23.8 Å². The largest absolute Gasteiger partial charge is 0.493 e. The summed E-state index contributed by atoms with van der Waals surface area (Å²) in [5.41, 5.74) is 1.16. The molecule has 4 heteroatoms. The molecule has 0 atom stereocenters. The fourth-order valence-corrected chi connectivity index (χ4v) is 2.37. The number of para-hydroxylation sites is 1. The lowest BCUT2D eigenvalue weighted by Gasteiger charge is -2.15. The first kappa shape index (κ1) is 16.2. The van der Waals surface area contributed by atoms with E-state index in [9.17, 15) is 0 Å². The van der Waals surface area contributed by atoms with Gasteiger partial charge in [-0.15, -0.1) is 0 Å². The van der Waals surface area contributed by atoms with Crippen molar-refractivity contribution in [3.63, 3.8) is 0 Å². The van der Waals surface area contributed by atoms with Gasteiger partial charge in [0.2, 0.25) is 0 Å². The van der Waals surface area contributed by atoms with Gasteiger partial charge in [0.1, 0.15) is 0 Å². The highest BCUT2D eigenvalue weighted by molar-refractivity contribution is 7.99. The standard InChI is InChI=1S/C15H25NO2S/c1-4-16-12-13-8-6-9-14(17-3)15(13)18-10-7-11-19-5-2/h6,8-9,16H,4-5,7,10-12H2,1-3H3. The Hall–Kier alpha value is -0.870. The molecule has 19 heavy (non-hydrogen) atoms. The second-order valence-corrected chi connectivity index (χ2v) is 5.52. The van der Waals surface area contributed by atoms with Crippen molar-refractivity contribution < 1.29 is 9.47 Å². The van der Waals surface area contributed by atoms with Crippen molar-refractivity contribution >= 4 is 11.8 Å². The molecule has 0 aliphatic carbocycles. The van der Waals surface area contributed by atoms with Crippen molar-refractivity contribution in [2.75, 3.05) is 31.8 Å². The van der Waals surface area contributed by atoms with Gasteiger partial charge in [0.05, 0.1) is 13.7 Å². The number of nitrogens with one attached hydrogen (secondary N) is 1. The zero-order valence-corrected chi connectivity index (χ0v) is 13.0. The van der Waals surface area contributed by atoms with Crippen molar-refractivity contribution in [1.29, 1.82) is 0 Å². The van der Waals surface area contributed by atoms with Gasteiger partial charge in [-0.05, 0) is 30.5 Å². The van der Waals surface area contributed by atoms with E-state index in [1.165, 1.54) is 5.75 Å². The first-order chi connectivity index (χ1) is 9.33. The third-order valence-corrected chi connectivity index (χ3v) is 3.71. The van der Waals surface area contributed by atoms with E-state index in [-0.39, 0.29) is 0 Å². The van der Waals surface area contributed by atoms with E-state index in [1.54, 1.807) is 7.11 Å². The van der Waals surface area contributed by atoms with Crippen molar-refractivity contribution in [1.82, 2.24) is 5.32 Å². The van der Waals surface area contributed by atoms with Gasteiger partial charge in [-0.3, -0.25) is 0 Å². The second kappa shape index (κ2) is 9.98. The topological polar surface area (TPSA) is 30.5 Å². The molecule has 0 amide bonds. The lowest BCUT2D eigenvalue weighted by Crippen LogP contribution is -2.13. The number of benzene rings is 1. The van der Waals surface area contributed by atoms with Gasteiger partial charge < -0.3 is 14.8 Å². The summed E-state index contributed by atoms with van der Waals surface area (Å²) in [7, 11) is 1.69. The minimum absolute atomic E-state index is 0.743. The van der Waals surface area contributed by atoms with Crippen LogP contribution in [0.15, 0.2) is 18.2 Å². The quantitative estimate of drug-likeness (QED) is 0.667. The highest BCUT2D eigenvalue weighted by Gasteiger charge is 2.09. The molecule has 0 aliphatic rings. The first-order valence-corrected chi connectivity index (χ1v) is 8.06.